The Morgan fingerprint density at radius 1 is 0.880 bits per heavy atom. The van der Waals surface area contributed by atoms with Crippen molar-refractivity contribution < 1.29 is 27.5 Å². The molecule has 2 rings (SSSR count). The molecule has 0 N–H and O–H groups in total. The van der Waals surface area contributed by atoms with Crippen LogP contribution in [-0.4, -0.2) is 20.4 Å². The number of ether oxygens (including phenoxy) is 2. The highest BCUT2D eigenvalue weighted by Crippen LogP contribution is 2.35. The molecule has 0 aliphatic heterocycles. The van der Waals surface area contributed by atoms with Gasteiger partial charge in [-0.25, -0.2) is 8.42 Å². The molecule has 0 fully saturated rings. The van der Waals surface area contributed by atoms with E-state index in [0.717, 1.165) is 13.0 Å². The number of halogens is 2. The maximum absolute atomic E-state index is 12.9. The van der Waals surface area contributed by atoms with Crippen molar-refractivity contribution in [3.63, 3.8) is 0 Å². The van der Waals surface area contributed by atoms with Gasteiger partial charge in [0.2, 0.25) is 9.84 Å². The van der Waals surface area contributed by atoms with Crippen LogP contribution in [0.5, 0.6) is 11.5 Å². The molecule has 0 aromatic heterocycles. The second kappa shape index (κ2) is 7.43. The Bertz CT molecular complexity index is 953. The van der Waals surface area contributed by atoms with Crippen molar-refractivity contribution in [2.75, 3.05) is 0 Å². The van der Waals surface area contributed by atoms with Crippen molar-refractivity contribution in [2.24, 2.45) is 0 Å². The maximum atomic E-state index is 12.9. The molecule has 2 aromatic rings. The summed E-state index contributed by atoms with van der Waals surface area (Å²) >= 11 is 11.7. The first-order valence-corrected chi connectivity index (χ1v) is 9.06. The highest BCUT2D eigenvalue weighted by Gasteiger charge is 2.25. The minimum absolute atomic E-state index is 0.0120. The smallest absolute Gasteiger partial charge is 0.308 e. The van der Waals surface area contributed by atoms with Gasteiger partial charge in [0.1, 0.15) is 16.4 Å². The predicted octanol–water partition coefficient (Wildman–Crippen LogP) is 3.68. The summed E-state index contributed by atoms with van der Waals surface area (Å²) in [7, 11) is -4.12. The van der Waals surface area contributed by atoms with Gasteiger partial charge in [-0.2, -0.15) is 0 Å². The van der Waals surface area contributed by atoms with Gasteiger partial charge in [-0.15, -0.1) is 0 Å². The van der Waals surface area contributed by atoms with Crippen molar-refractivity contribution in [1.29, 1.82) is 0 Å². The van der Waals surface area contributed by atoms with Crippen LogP contribution in [0.25, 0.3) is 0 Å². The monoisotopic (exact) mass is 402 g/mol. The number of hydrogen-bond donors (Lipinski definition) is 0. The number of hydrogen-bond acceptors (Lipinski definition) is 6. The van der Waals surface area contributed by atoms with Crippen LogP contribution in [0.3, 0.4) is 0 Å². The third kappa shape index (κ3) is 4.50. The highest BCUT2D eigenvalue weighted by molar-refractivity contribution is 7.91. The first-order chi connectivity index (χ1) is 11.6. The lowest BCUT2D eigenvalue weighted by Gasteiger charge is -2.12. The number of carbonyl (C=O) groups is 2. The van der Waals surface area contributed by atoms with Gasteiger partial charge >= 0.3 is 11.9 Å². The van der Waals surface area contributed by atoms with Gasteiger partial charge in [0.25, 0.3) is 0 Å². The first kappa shape index (κ1) is 19.2. The third-order valence-electron chi connectivity index (χ3n) is 2.92. The zero-order valence-corrected chi connectivity index (χ0v) is 15.4. The normalized spacial score (nSPS) is 11.0. The van der Waals surface area contributed by atoms with Gasteiger partial charge in [0.15, 0.2) is 0 Å². The maximum Gasteiger partial charge on any atom is 0.308 e. The van der Waals surface area contributed by atoms with Gasteiger partial charge in [0.05, 0.1) is 14.9 Å². The Morgan fingerprint density at radius 3 is 2.08 bits per heavy atom. The molecule has 0 saturated carbocycles. The van der Waals surface area contributed by atoms with E-state index < -0.39 is 21.8 Å². The zero-order valence-electron chi connectivity index (χ0n) is 13.1. The number of rotatable bonds is 4. The standard InChI is InChI=1S/C16H12Cl2O6S/c1-9(19)23-11-3-6-15(24-10(2)20)16(7-11)25(21,22)12-4-5-13(17)14(18)8-12/h3-8H,1-2H3. The Balaban J connectivity index is 2.64. The molecular formula is C16H12Cl2O6S. The van der Waals surface area contributed by atoms with Crippen LogP contribution in [-0.2, 0) is 19.4 Å². The van der Waals surface area contributed by atoms with E-state index in [2.05, 4.69) is 0 Å². The largest absolute Gasteiger partial charge is 0.427 e. The van der Waals surface area contributed by atoms with Crippen LogP contribution in [0, 0.1) is 0 Å². The summed E-state index contributed by atoms with van der Waals surface area (Å²) in [5, 5.41) is 0.238. The fourth-order valence-corrected chi connectivity index (χ4v) is 3.72. The topological polar surface area (TPSA) is 86.7 Å². The summed E-state index contributed by atoms with van der Waals surface area (Å²) in [6.45, 7) is 2.31. The van der Waals surface area contributed by atoms with E-state index >= 15 is 0 Å². The van der Waals surface area contributed by atoms with Gasteiger partial charge in [0, 0.05) is 19.9 Å². The van der Waals surface area contributed by atoms with Crippen LogP contribution in [0.15, 0.2) is 46.2 Å². The average molecular weight is 403 g/mol. The van der Waals surface area contributed by atoms with Crippen LogP contribution in [0.4, 0.5) is 0 Å². The zero-order chi connectivity index (χ0) is 18.8. The lowest BCUT2D eigenvalue weighted by atomic mass is 10.3. The number of esters is 2. The Morgan fingerprint density at radius 2 is 1.52 bits per heavy atom. The molecule has 0 spiro atoms. The minimum atomic E-state index is -4.12. The van der Waals surface area contributed by atoms with Crippen LogP contribution in [0.1, 0.15) is 13.8 Å². The van der Waals surface area contributed by atoms with E-state index in [1.165, 1.54) is 37.3 Å². The number of benzene rings is 2. The van der Waals surface area contributed by atoms with Crippen molar-refractivity contribution in [3.05, 3.63) is 46.4 Å². The quantitative estimate of drug-likeness (QED) is 0.572. The second-order valence-electron chi connectivity index (χ2n) is 4.88. The fraction of sp³-hybridized carbons (Fsp3) is 0.125. The van der Waals surface area contributed by atoms with E-state index in [4.69, 9.17) is 32.7 Å². The summed E-state index contributed by atoms with van der Waals surface area (Å²) in [6, 6.07) is 7.40. The molecule has 0 unspecified atom stereocenters. The molecule has 2 aromatic carbocycles. The second-order valence-corrected chi connectivity index (χ2v) is 7.61. The van der Waals surface area contributed by atoms with Gasteiger partial charge in [-0.05, 0) is 30.3 Å². The number of sulfone groups is 1. The molecule has 0 aliphatic rings. The van der Waals surface area contributed by atoms with Crippen molar-refractivity contribution in [1.82, 2.24) is 0 Å². The molecule has 0 aliphatic carbocycles. The van der Waals surface area contributed by atoms with Crippen LogP contribution >= 0.6 is 23.2 Å². The van der Waals surface area contributed by atoms with E-state index in [1.807, 2.05) is 0 Å². The summed E-state index contributed by atoms with van der Waals surface area (Å²) in [5.41, 5.74) is 0. The molecule has 0 saturated heterocycles. The van der Waals surface area contributed by atoms with E-state index in [-0.39, 0.29) is 31.3 Å². The summed E-state index contributed by atoms with van der Waals surface area (Å²) < 4.78 is 35.7. The lowest BCUT2D eigenvalue weighted by molar-refractivity contribution is -0.133. The Hall–Kier alpha value is -2.09. The molecule has 0 atom stereocenters. The first-order valence-electron chi connectivity index (χ1n) is 6.82. The molecule has 25 heavy (non-hydrogen) atoms. The lowest BCUT2D eigenvalue weighted by Crippen LogP contribution is -2.10. The molecule has 6 nitrogen and oxygen atoms in total. The predicted molar refractivity (Wildman–Crippen MR) is 91.0 cm³/mol. The molecule has 9 heteroatoms. The van der Waals surface area contributed by atoms with E-state index in [0.29, 0.717) is 0 Å². The van der Waals surface area contributed by atoms with Crippen LogP contribution in [0.2, 0.25) is 10.0 Å². The summed E-state index contributed by atoms with van der Waals surface area (Å²) in [5.74, 6) is -1.54. The van der Waals surface area contributed by atoms with E-state index in [9.17, 15) is 18.0 Å². The molecule has 0 heterocycles. The summed E-state index contributed by atoms with van der Waals surface area (Å²) in [6.07, 6.45) is 0. The Kier molecular flexibility index (Phi) is 5.72. The fourth-order valence-electron chi connectivity index (χ4n) is 1.94. The Labute approximate surface area is 154 Å². The average Bonchev–Trinajstić information content (AvgIpc) is 2.50. The van der Waals surface area contributed by atoms with E-state index in [1.54, 1.807) is 0 Å². The van der Waals surface area contributed by atoms with Gasteiger partial charge in [-0.1, -0.05) is 23.2 Å². The minimum Gasteiger partial charge on any atom is -0.427 e. The van der Waals surface area contributed by atoms with Crippen molar-refractivity contribution in [2.45, 2.75) is 23.6 Å². The van der Waals surface area contributed by atoms with Gasteiger partial charge in [-0.3, -0.25) is 9.59 Å². The molecule has 0 bridgehead atoms. The molecular weight excluding hydrogens is 391 g/mol. The SMILES string of the molecule is CC(=O)Oc1ccc(OC(C)=O)c(S(=O)(=O)c2ccc(Cl)c(Cl)c2)c1. The number of carbonyl (C=O) groups excluding carboxylic acids is 2. The van der Waals surface area contributed by atoms with Gasteiger partial charge < -0.3 is 9.47 Å². The highest BCUT2D eigenvalue weighted by atomic mass is 35.5. The van der Waals surface area contributed by atoms with Crippen molar-refractivity contribution >= 4 is 45.0 Å². The molecule has 0 radical (unpaired) electrons. The van der Waals surface area contributed by atoms with Crippen molar-refractivity contribution in [3.8, 4) is 11.5 Å². The third-order valence-corrected chi connectivity index (χ3v) is 5.43. The molecule has 132 valence electrons. The molecule has 0 amide bonds. The summed E-state index contributed by atoms with van der Waals surface area (Å²) in [4.78, 5) is 21.8. The van der Waals surface area contributed by atoms with Crippen LogP contribution < -0.4 is 9.47 Å².